The molecule has 53 heavy (non-hydrogen) atoms. The van der Waals surface area contributed by atoms with E-state index in [0.29, 0.717) is 0 Å². The highest BCUT2D eigenvalue weighted by atomic mass is 16.3. The van der Waals surface area contributed by atoms with Crippen molar-refractivity contribution in [1.29, 1.82) is 0 Å². The molecule has 0 fully saturated rings. The Morgan fingerprint density at radius 3 is 1.42 bits per heavy atom. The first-order valence-corrected chi connectivity index (χ1v) is 18.4. The van der Waals surface area contributed by atoms with Crippen LogP contribution in [0.5, 0.6) is 0 Å². The normalized spacial score (nSPS) is 12.5. The molecule has 12 aromatic carbocycles. The van der Waals surface area contributed by atoms with Gasteiger partial charge in [-0.25, -0.2) is 0 Å². The van der Waals surface area contributed by atoms with Crippen molar-refractivity contribution in [2.24, 2.45) is 0 Å². The van der Waals surface area contributed by atoms with Crippen molar-refractivity contribution in [1.82, 2.24) is 0 Å². The maximum atomic E-state index is 7.02. The fourth-order valence-corrected chi connectivity index (χ4v) is 9.72. The molecule has 0 unspecified atom stereocenters. The monoisotopic (exact) mass is 668 g/mol. The molecule has 0 spiro atoms. The summed E-state index contributed by atoms with van der Waals surface area (Å²) in [5, 5.41) is 22.5. The Morgan fingerprint density at radius 2 is 0.717 bits per heavy atom. The van der Waals surface area contributed by atoms with Gasteiger partial charge in [0.15, 0.2) is 0 Å². The molecule has 0 aliphatic heterocycles. The molecular formula is C52H28O. The summed E-state index contributed by atoms with van der Waals surface area (Å²) in [6.07, 6.45) is 0. The van der Waals surface area contributed by atoms with Crippen LogP contribution in [0.3, 0.4) is 0 Å². The second-order valence-corrected chi connectivity index (χ2v) is 14.8. The minimum Gasteiger partial charge on any atom is -0.455 e. The molecule has 0 aliphatic carbocycles. The third-order valence-electron chi connectivity index (χ3n) is 12.1. The van der Waals surface area contributed by atoms with Crippen LogP contribution in [-0.2, 0) is 0 Å². The Bertz CT molecular complexity index is 3640. The van der Waals surface area contributed by atoms with E-state index in [0.717, 1.165) is 32.7 Å². The lowest BCUT2D eigenvalue weighted by atomic mass is 9.86. The van der Waals surface area contributed by atoms with E-state index in [2.05, 4.69) is 170 Å². The molecule has 0 saturated heterocycles. The lowest BCUT2D eigenvalue weighted by Gasteiger charge is -2.17. The lowest BCUT2D eigenvalue weighted by molar-refractivity contribution is 0.676. The Morgan fingerprint density at radius 1 is 0.245 bits per heavy atom. The van der Waals surface area contributed by atoms with Crippen LogP contribution in [0.4, 0.5) is 0 Å². The van der Waals surface area contributed by atoms with E-state index in [1.807, 2.05) is 0 Å². The van der Waals surface area contributed by atoms with Gasteiger partial charge in [0, 0.05) is 21.5 Å². The SMILES string of the molecule is c1ccc2c(c1)ccc1c3cc(-c4ccc5ccc6cccc7ccc4c5c67)c4ccc(-c5ccc6ccc7cccc8ccc5c6c78)cc4c3oc21. The standard InChI is InChI=1S/C52H28O/c1-2-10-38-29(5-1)15-26-43-46-28-44(39-22-17-35-14-12-31-7-4-9-33-19-25-42(39)50(35)48(31)33)40-23-20-36(27-45(40)52(46)53-51(38)43)37-21-16-34-13-11-30-6-3-8-32-18-24-41(37)49(34)47(30)32/h1-28H. The fraction of sp³-hybridized carbons (Fsp3) is 0. The van der Waals surface area contributed by atoms with Gasteiger partial charge in [-0.1, -0.05) is 152 Å². The molecule has 1 heterocycles. The van der Waals surface area contributed by atoms with E-state index in [1.165, 1.54) is 97.7 Å². The van der Waals surface area contributed by atoms with E-state index >= 15 is 0 Å². The van der Waals surface area contributed by atoms with Gasteiger partial charge in [-0.15, -0.1) is 0 Å². The number of furan rings is 1. The first-order chi connectivity index (χ1) is 26.3. The first kappa shape index (κ1) is 27.7. The van der Waals surface area contributed by atoms with Crippen LogP contribution < -0.4 is 0 Å². The van der Waals surface area contributed by atoms with Gasteiger partial charge < -0.3 is 4.42 Å². The van der Waals surface area contributed by atoms with Gasteiger partial charge in [0.2, 0.25) is 0 Å². The van der Waals surface area contributed by atoms with E-state index in [1.54, 1.807) is 0 Å². The number of benzene rings is 12. The van der Waals surface area contributed by atoms with Crippen LogP contribution in [0, 0.1) is 0 Å². The molecule has 242 valence electrons. The van der Waals surface area contributed by atoms with Crippen LogP contribution in [0.1, 0.15) is 0 Å². The zero-order valence-corrected chi connectivity index (χ0v) is 28.6. The van der Waals surface area contributed by atoms with E-state index < -0.39 is 0 Å². The van der Waals surface area contributed by atoms with Crippen LogP contribution in [0.25, 0.3) is 130 Å². The fourth-order valence-electron chi connectivity index (χ4n) is 9.72. The van der Waals surface area contributed by atoms with Crippen molar-refractivity contribution >= 4 is 108 Å². The van der Waals surface area contributed by atoms with E-state index in [9.17, 15) is 0 Å². The summed E-state index contributed by atoms with van der Waals surface area (Å²) >= 11 is 0. The van der Waals surface area contributed by atoms with Crippen molar-refractivity contribution in [2.45, 2.75) is 0 Å². The second-order valence-electron chi connectivity index (χ2n) is 14.8. The molecule has 0 aliphatic rings. The summed E-state index contributed by atoms with van der Waals surface area (Å²) in [6.45, 7) is 0. The van der Waals surface area contributed by atoms with Gasteiger partial charge in [0.25, 0.3) is 0 Å². The van der Waals surface area contributed by atoms with Crippen LogP contribution in [0.15, 0.2) is 174 Å². The largest absolute Gasteiger partial charge is 0.455 e. The summed E-state index contributed by atoms with van der Waals surface area (Å²) in [7, 11) is 0. The highest BCUT2D eigenvalue weighted by molar-refractivity contribution is 6.29. The van der Waals surface area contributed by atoms with E-state index in [4.69, 9.17) is 4.42 Å². The molecule has 13 rings (SSSR count). The summed E-state index contributed by atoms with van der Waals surface area (Å²) in [6, 6.07) is 63.2. The minimum absolute atomic E-state index is 0.937. The van der Waals surface area contributed by atoms with Gasteiger partial charge in [0.05, 0.1) is 0 Å². The first-order valence-electron chi connectivity index (χ1n) is 18.4. The molecule has 13 aromatic rings. The molecule has 1 aromatic heterocycles. The molecular weight excluding hydrogens is 641 g/mol. The van der Waals surface area contributed by atoms with Crippen LogP contribution in [-0.4, -0.2) is 0 Å². The predicted molar refractivity (Wildman–Crippen MR) is 227 cm³/mol. The van der Waals surface area contributed by atoms with Crippen molar-refractivity contribution in [3.63, 3.8) is 0 Å². The third kappa shape index (κ3) is 3.61. The molecule has 0 amide bonds. The van der Waals surface area contributed by atoms with E-state index in [-0.39, 0.29) is 0 Å². The number of hydrogen-bond donors (Lipinski definition) is 0. The molecule has 0 saturated carbocycles. The third-order valence-corrected chi connectivity index (χ3v) is 12.1. The molecule has 0 atom stereocenters. The highest BCUT2D eigenvalue weighted by Gasteiger charge is 2.20. The maximum absolute atomic E-state index is 7.02. The van der Waals surface area contributed by atoms with Gasteiger partial charge in [-0.05, 0) is 116 Å². The Balaban J connectivity index is 1.16. The summed E-state index contributed by atoms with van der Waals surface area (Å²) in [4.78, 5) is 0. The Kier molecular flexibility index (Phi) is 5.17. The topological polar surface area (TPSA) is 13.1 Å². The zero-order chi connectivity index (χ0) is 34.4. The smallest absolute Gasteiger partial charge is 0.143 e. The van der Waals surface area contributed by atoms with Crippen molar-refractivity contribution in [2.75, 3.05) is 0 Å². The van der Waals surface area contributed by atoms with Crippen molar-refractivity contribution in [3.8, 4) is 22.3 Å². The minimum atomic E-state index is 0.937. The Labute approximate surface area is 303 Å². The van der Waals surface area contributed by atoms with Crippen molar-refractivity contribution in [3.05, 3.63) is 170 Å². The molecule has 0 N–H and O–H groups in total. The predicted octanol–water partition coefficient (Wildman–Crippen LogP) is 15.0. The average molecular weight is 669 g/mol. The van der Waals surface area contributed by atoms with Crippen LogP contribution in [0.2, 0.25) is 0 Å². The van der Waals surface area contributed by atoms with Crippen molar-refractivity contribution < 1.29 is 4.42 Å². The second kappa shape index (κ2) is 9.88. The van der Waals surface area contributed by atoms with Crippen LogP contribution >= 0.6 is 0 Å². The molecule has 1 heteroatoms. The number of hydrogen-bond acceptors (Lipinski definition) is 1. The maximum Gasteiger partial charge on any atom is 0.143 e. The highest BCUT2D eigenvalue weighted by Crippen LogP contribution is 2.47. The molecule has 1 nitrogen and oxygen atoms in total. The quantitative estimate of drug-likeness (QED) is 0.167. The lowest BCUT2D eigenvalue weighted by Crippen LogP contribution is -1.90. The Hall–Kier alpha value is -6.96. The number of fused-ring (bicyclic) bond motifs is 7. The van der Waals surface area contributed by atoms with Gasteiger partial charge in [0.1, 0.15) is 11.2 Å². The van der Waals surface area contributed by atoms with Gasteiger partial charge >= 0.3 is 0 Å². The zero-order valence-electron chi connectivity index (χ0n) is 28.6. The average Bonchev–Trinajstić information content (AvgIpc) is 3.61. The van der Waals surface area contributed by atoms with Gasteiger partial charge in [-0.2, -0.15) is 0 Å². The molecule has 0 radical (unpaired) electrons. The summed E-state index contributed by atoms with van der Waals surface area (Å²) < 4.78 is 7.02. The summed E-state index contributed by atoms with van der Waals surface area (Å²) in [5.41, 5.74) is 6.78. The number of rotatable bonds is 2. The van der Waals surface area contributed by atoms with Gasteiger partial charge in [-0.3, -0.25) is 0 Å². The molecule has 0 bridgehead atoms. The summed E-state index contributed by atoms with van der Waals surface area (Å²) in [5.74, 6) is 0.